The summed E-state index contributed by atoms with van der Waals surface area (Å²) >= 11 is 0. The fourth-order valence-corrected chi connectivity index (χ4v) is 1.36. The first-order valence-corrected chi connectivity index (χ1v) is 4.08. The number of nitrogens with zero attached hydrogens (tertiary/aromatic N) is 1. The molecule has 1 heterocycles. The highest BCUT2D eigenvalue weighted by atomic mass is 16.2. The zero-order valence-corrected chi connectivity index (χ0v) is 6.75. The van der Waals surface area contributed by atoms with E-state index in [2.05, 4.69) is 6.92 Å². The minimum Gasteiger partial charge on any atom is -0.340 e. The number of carbonyl (C=O) groups is 1. The quantitative estimate of drug-likeness (QED) is 0.631. The van der Waals surface area contributed by atoms with Crippen LogP contribution in [0.25, 0.3) is 0 Å². The predicted molar refractivity (Wildman–Crippen MR) is 43.8 cm³/mol. The van der Waals surface area contributed by atoms with Crippen molar-refractivity contribution in [2.24, 2.45) is 5.73 Å². The van der Waals surface area contributed by atoms with Crippen molar-refractivity contribution in [3.63, 3.8) is 0 Å². The summed E-state index contributed by atoms with van der Waals surface area (Å²) in [4.78, 5) is 13.0. The number of likely N-dealkylation sites (tertiary alicyclic amines) is 1. The summed E-state index contributed by atoms with van der Waals surface area (Å²) in [7, 11) is 0. The van der Waals surface area contributed by atoms with Crippen LogP contribution in [-0.4, -0.2) is 29.9 Å². The lowest BCUT2D eigenvalue weighted by Gasteiger charge is -2.20. The third-order valence-corrected chi connectivity index (χ3v) is 2.06. The lowest BCUT2D eigenvalue weighted by molar-refractivity contribution is -0.128. The van der Waals surface area contributed by atoms with E-state index < -0.39 is 0 Å². The molecular weight excluding hydrogens is 140 g/mol. The maximum absolute atomic E-state index is 11.1. The Morgan fingerprint density at radius 3 is 2.91 bits per heavy atom. The van der Waals surface area contributed by atoms with Gasteiger partial charge in [0.1, 0.15) is 0 Å². The van der Waals surface area contributed by atoms with Crippen molar-refractivity contribution in [3.8, 4) is 0 Å². The molecule has 0 aromatic rings. The van der Waals surface area contributed by atoms with Gasteiger partial charge in [0, 0.05) is 19.0 Å². The van der Waals surface area contributed by atoms with Crippen LogP contribution in [0.5, 0.6) is 0 Å². The first-order valence-electron chi connectivity index (χ1n) is 4.08. The van der Waals surface area contributed by atoms with Crippen molar-refractivity contribution in [1.29, 1.82) is 0 Å². The van der Waals surface area contributed by atoms with Gasteiger partial charge in [-0.05, 0) is 26.3 Å². The summed E-state index contributed by atoms with van der Waals surface area (Å²) < 4.78 is 0. The zero-order chi connectivity index (χ0) is 8.27. The summed E-state index contributed by atoms with van der Waals surface area (Å²) in [6.07, 6.45) is 2.46. The Kier molecular flexibility index (Phi) is 2.88. The second kappa shape index (κ2) is 3.72. The van der Waals surface area contributed by atoms with Crippen LogP contribution in [0.2, 0.25) is 0 Å². The molecule has 0 aliphatic carbocycles. The van der Waals surface area contributed by atoms with Crippen LogP contribution in [0.4, 0.5) is 0 Å². The molecule has 11 heavy (non-hydrogen) atoms. The Morgan fingerprint density at radius 2 is 2.45 bits per heavy atom. The molecule has 0 spiro atoms. The van der Waals surface area contributed by atoms with Gasteiger partial charge in [0.15, 0.2) is 0 Å². The number of carbonyl (C=O) groups excluding carboxylic acids is 1. The summed E-state index contributed by atoms with van der Waals surface area (Å²) in [6.45, 7) is 5.32. The molecule has 1 unspecified atom stereocenters. The monoisotopic (exact) mass is 155 g/mol. The largest absolute Gasteiger partial charge is 0.340 e. The van der Waals surface area contributed by atoms with E-state index in [0.717, 1.165) is 19.4 Å². The molecule has 1 fully saturated rings. The highest BCUT2D eigenvalue weighted by molar-refractivity contribution is 5.78. The fraction of sp³-hybridized carbons (Fsp3) is 0.750. The second-order valence-corrected chi connectivity index (χ2v) is 2.92. The Balaban J connectivity index is 2.35. The Hall–Kier alpha value is -0.570. The van der Waals surface area contributed by atoms with Gasteiger partial charge >= 0.3 is 0 Å². The van der Waals surface area contributed by atoms with Gasteiger partial charge in [-0.1, -0.05) is 0 Å². The maximum Gasteiger partial charge on any atom is 0.222 e. The van der Waals surface area contributed by atoms with Gasteiger partial charge in [0.05, 0.1) is 0 Å². The molecule has 1 saturated heterocycles. The van der Waals surface area contributed by atoms with Crippen LogP contribution in [-0.2, 0) is 4.79 Å². The van der Waals surface area contributed by atoms with Crippen LogP contribution in [0.15, 0.2) is 0 Å². The van der Waals surface area contributed by atoms with E-state index in [4.69, 9.17) is 5.73 Å². The number of hydrogen-bond donors (Lipinski definition) is 1. The van der Waals surface area contributed by atoms with Crippen molar-refractivity contribution in [2.75, 3.05) is 13.1 Å². The molecule has 1 atom stereocenters. The molecule has 1 amide bonds. The normalized spacial score (nSPS) is 24.7. The molecule has 3 heteroatoms. The number of nitrogens with two attached hydrogens (primary N) is 1. The number of amides is 1. The molecule has 1 aliphatic heterocycles. The highest BCUT2D eigenvalue weighted by Gasteiger charge is 2.26. The Morgan fingerprint density at radius 1 is 1.73 bits per heavy atom. The maximum atomic E-state index is 11.1. The number of hydrogen-bond acceptors (Lipinski definition) is 2. The van der Waals surface area contributed by atoms with E-state index in [-0.39, 0.29) is 11.9 Å². The van der Waals surface area contributed by atoms with E-state index in [9.17, 15) is 4.79 Å². The standard InChI is InChI=1S/C8H15N2O/c1-7-3-4-8(11)10(7)6-2-5-9/h7H,1-6,9H2. The van der Waals surface area contributed by atoms with Gasteiger partial charge in [0.25, 0.3) is 0 Å². The van der Waals surface area contributed by atoms with Gasteiger partial charge < -0.3 is 10.6 Å². The SMILES string of the molecule is [CH2]C1CCC(=O)N1CCCN. The van der Waals surface area contributed by atoms with Gasteiger partial charge in [0.2, 0.25) is 5.91 Å². The molecule has 0 bridgehead atoms. The van der Waals surface area contributed by atoms with Gasteiger partial charge in [-0.15, -0.1) is 0 Å². The lowest BCUT2D eigenvalue weighted by atomic mass is 10.2. The number of rotatable bonds is 3. The van der Waals surface area contributed by atoms with Crippen LogP contribution >= 0.6 is 0 Å². The molecule has 3 nitrogen and oxygen atoms in total. The van der Waals surface area contributed by atoms with E-state index in [1.165, 1.54) is 0 Å². The first-order chi connectivity index (χ1) is 5.25. The minimum absolute atomic E-state index is 0.189. The fourth-order valence-electron chi connectivity index (χ4n) is 1.36. The van der Waals surface area contributed by atoms with Crippen molar-refractivity contribution in [3.05, 3.63) is 6.92 Å². The van der Waals surface area contributed by atoms with Crippen molar-refractivity contribution in [2.45, 2.75) is 25.3 Å². The molecule has 2 N–H and O–H groups in total. The summed E-state index contributed by atoms with van der Waals surface area (Å²) in [6, 6.07) is 0.189. The van der Waals surface area contributed by atoms with Crippen molar-refractivity contribution < 1.29 is 4.79 Å². The summed E-state index contributed by atoms with van der Waals surface area (Å²) in [5.41, 5.74) is 5.34. The highest BCUT2D eigenvalue weighted by Crippen LogP contribution is 2.17. The Bertz CT molecular complexity index is 147. The smallest absolute Gasteiger partial charge is 0.222 e. The van der Waals surface area contributed by atoms with Gasteiger partial charge in [-0.2, -0.15) is 0 Å². The average Bonchev–Trinajstić information content (AvgIpc) is 2.29. The average molecular weight is 155 g/mol. The van der Waals surface area contributed by atoms with E-state index in [1.54, 1.807) is 0 Å². The van der Waals surface area contributed by atoms with Gasteiger partial charge in [-0.25, -0.2) is 0 Å². The van der Waals surface area contributed by atoms with Crippen molar-refractivity contribution >= 4 is 5.91 Å². The topological polar surface area (TPSA) is 46.3 Å². The minimum atomic E-state index is 0.189. The van der Waals surface area contributed by atoms with Crippen LogP contribution in [0.1, 0.15) is 19.3 Å². The molecule has 63 valence electrons. The third kappa shape index (κ3) is 1.93. The van der Waals surface area contributed by atoms with E-state index in [0.29, 0.717) is 13.0 Å². The molecule has 0 aromatic heterocycles. The molecular formula is C8H15N2O. The second-order valence-electron chi connectivity index (χ2n) is 2.92. The molecule has 1 rings (SSSR count). The first kappa shape index (κ1) is 8.53. The zero-order valence-electron chi connectivity index (χ0n) is 6.75. The molecule has 1 radical (unpaired) electrons. The Labute approximate surface area is 67.5 Å². The van der Waals surface area contributed by atoms with Crippen LogP contribution in [0, 0.1) is 6.92 Å². The van der Waals surface area contributed by atoms with E-state index >= 15 is 0 Å². The summed E-state index contributed by atoms with van der Waals surface area (Å²) in [5.74, 6) is 0.235. The van der Waals surface area contributed by atoms with Gasteiger partial charge in [-0.3, -0.25) is 4.79 Å². The predicted octanol–water partition coefficient (Wildman–Crippen LogP) is 0.160. The van der Waals surface area contributed by atoms with Crippen LogP contribution in [0.3, 0.4) is 0 Å². The lowest BCUT2D eigenvalue weighted by Crippen LogP contribution is -2.32. The third-order valence-electron chi connectivity index (χ3n) is 2.06. The molecule has 0 aromatic carbocycles. The molecule has 1 aliphatic rings. The summed E-state index contributed by atoms with van der Waals surface area (Å²) in [5, 5.41) is 0. The van der Waals surface area contributed by atoms with E-state index in [1.807, 2.05) is 4.90 Å². The van der Waals surface area contributed by atoms with Crippen LogP contribution < -0.4 is 5.73 Å². The molecule has 0 saturated carbocycles. The van der Waals surface area contributed by atoms with Crippen molar-refractivity contribution in [1.82, 2.24) is 4.90 Å².